The highest BCUT2D eigenvalue weighted by atomic mass is 32.2. The van der Waals surface area contributed by atoms with E-state index in [1.807, 2.05) is 6.07 Å². The van der Waals surface area contributed by atoms with Crippen LogP contribution in [0.1, 0.15) is 12.8 Å². The molecular weight excluding hydrogens is 161 g/mol. The Morgan fingerprint density at radius 1 is 1.36 bits per heavy atom. The number of hydrogen-bond acceptors (Lipinski definition) is 1. The molecule has 0 bridgehead atoms. The normalized spacial score (nSPS) is 15.0. The summed E-state index contributed by atoms with van der Waals surface area (Å²) in [6, 6.07) is 1.94. The summed E-state index contributed by atoms with van der Waals surface area (Å²) >= 11 is 0.256. The molecule has 0 atom stereocenters. The summed E-state index contributed by atoms with van der Waals surface area (Å²) in [5.41, 5.74) is 0. The van der Waals surface area contributed by atoms with Gasteiger partial charge in [0.1, 0.15) is 0 Å². The van der Waals surface area contributed by atoms with Gasteiger partial charge in [-0.2, -0.15) is 0 Å². The molecule has 0 spiro atoms. The third kappa shape index (κ3) is 1.09. The summed E-state index contributed by atoms with van der Waals surface area (Å²) in [6.45, 7) is 0. The second-order valence-electron chi connectivity index (χ2n) is 2.54. The second-order valence-corrected chi connectivity index (χ2v) is 3.07. The molecule has 0 aliphatic heterocycles. The Hall–Kier alpha value is -0.700. The van der Waals surface area contributed by atoms with Crippen LogP contribution in [0.15, 0.2) is 12.3 Å². The van der Waals surface area contributed by atoms with Crippen molar-refractivity contribution in [2.45, 2.75) is 12.8 Å². The quantitative estimate of drug-likeness (QED) is 0.612. The van der Waals surface area contributed by atoms with Crippen molar-refractivity contribution in [3.05, 3.63) is 22.8 Å². The van der Waals surface area contributed by atoms with Crippen molar-refractivity contribution in [3.8, 4) is 0 Å². The summed E-state index contributed by atoms with van der Waals surface area (Å²) in [7, 11) is 0. The average molecular weight is 169 g/mol. The van der Waals surface area contributed by atoms with E-state index >= 15 is 0 Å². The van der Waals surface area contributed by atoms with Gasteiger partial charge in [0.2, 0.25) is 0 Å². The molecule has 1 heterocycles. The van der Waals surface area contributed by atoms with Crippen LogP contribution in [0.4, 0.5) is 3.89 Å². The zero-order valence-electron chi connectivity index (χ0n) is 5.96. The van der Waals surface area contributed by atoms with Crippen molar-refractivity contribution in [3.63, 3.8) is 0 Å². The molecule has 1 nitrogen and oxygen atoms in total. The van der Waals surface area contributed by atoms with Crippen LogP contribution in [-0.2, 0) is 0 Å². The first-order valence-electron chi connectivity index (χ1n) is 3.58. The smallest absolute Gasteiger partial charge is 0.169 e. The molecule has 2 rings (SSSR count). The largest absolute Gasteiger partial charge is 0.264 e. The van der Waals surface area contributed by atoms with Crippen molar-refractivity contribution >= 4 is 24.5 Å². The molecule has 0 fully saturated rings. The van der Waals surface area contributed by atoms with Gasteiger partial charge >= 0.3 is 0 Å². The van der Waals surface area contributed by atoms with Gasteiger partial charge in [0.05, 0.1) is 5.35 Å². The van der Waals surface area contributed by atoms with E-state index in [2.05, 4.69) is 12.2 Å². The minimum absolute atomic E-state index is 0.256. The van der Waals surface area contributed by atoms with Gasteiger partial charge in [0.15, 0.2) is 12.3 Å². The standard InChI is InChI=1S/C8H8FNS/c9-11-10-6-5-7-3-1-2-4-8(7)10/h3-6H,1-2H2. The van der Waals surface area contributed by atoms with E-state index in [9.17, 15) is 3.89 Å². The second kappa shape index (κ2) is 2.74. The third-order valence-corrected chi connectivity index (χ3v) is 2.33. The van der Waals surface area contributed by atoms with Crippen LogP contribution in [0, 0.1) is 0 Å². The first kappa shape index (κ1) is 6.98. The third-order valence-electron chi connectivity index (χ3n) is 1.87. The van der Waals surface area contributed by atoms with Crippen molar-refractivity contribution in [1.82, 2.24) is 3.97 Å². The number of halogens is 1. The van der Waals surface area contributed by atoms with E-state index in [1.54, 1.807) is 10.2 Å². The van der Waals surface area contributed by atoms with Crippen LogP contribution in [-0.4, -0.2) is 3.97 Å². The molecule has 0 unspecified atom stereocenters. The van der Waals surface area contributed by atoms with Crippen molar-refractivity contribution in [1.29, 1.82) is 0 Å². The number of hydrogen-bond donors (Lipinski definition) is 0. The fourth-order valence-electron chi connectivity index (χ4n) is 1.34. The molecule has 0 saturated carbocycles. The van der Waals surface area contributed by atoms with Crippen LogP contribution in [0.3, 0.4) is 0 Å². The lowest BCUT2D eigenvalue weighted by molar-refractivity contribution is 0.909. The number of aromatic nitrogens is 1. The molecule has 0 aromatic carbocycles. The minimum atomic E-state index is 0.256. The Kier molecular flexibility index (Phi) is 1.74. The van der Waals surface area contributed by atoms with E-state index in [-0.39, 0.29) is 12.3 Å². The zero-order chi connectivity index (χ0) is 7.68. The van der Waals surface area contributed by atoms with E-state index in [4.69, 9.17) is 0 Å². The molecule has 11 heavy (non-hydrogen) atoms. The molecular formula is C8H8FNS. The predicted octanol–water partition coefficient (Wildman–Crippen LogP) is 1.22. The Balaban J connectivity index is 2.73. The van der Waals surface area contributed by atoms with Gasteiger partial charge in [-0.05, 0) is 24.1 Å². The van der Waals surface area contributed by atoms with E-state index < -0.39 is 0 Å². The molecule has 58 valence electrons. The molecule has 1 aliphatic carbocycles. The van der Waals surface area contributed by atoms with Crippen LogP contribution in [0.5, 0.6) is 0 Å². The molecule has 3 heteroatoms. The van der Waals surface area contributed by atoms with Gasteiger partial charge < -0.3 is 0 Å². The van der Waals surface area contributed by atoms with Crippen molar-refractivity contribution < 1.29 is 3.89 Å². The maximum Gasteiger partial charge on any atom is 0.169 e. The Labute approximate surface area is 68.6 Å². The first-order valence-corrected chi connectivity index (χ1v) is 4.26. The van der Waals surface area contributed by atoms with Crippen LogP contribution in [0.25, 0.3) is 12.2 Å². The first-order chi connectivity index (χ1) is 5.42. The van der Waals surface area contributed by atoms with Gasteiger partial charge in [-0.3, -0.25) is 3.97 Å². The molecule has 0 amide bonds. The van der Waals surface area contributed by atoms with Gasteiger partial charge in [-0.25, -0.2) is 0 Å². The summed E-state index contributed by atoms with van der Waals surface area (Å²) < 4.78 is 13.7. The van der Waals surface area contributed by atoms with Crippen molar-refractivity contribution in [2.75, 3.05) is 0 Å². The van der Waals surface area contributed by atoms with Gasteiger partial charge in [-0.15, -0.1) is 3.89 Å². The molecule has 0 N–H and O–H groups in total. The molecule has 1 aromatic rings. The summed E-state index contributed by atoms with van der Waals surface area (Å²) in [4.78, 5) is 0. The topological polar surface area (TPSA) is 4.93 Å². The van der Waals surface area contributed by atoms with Gasteiger partial charge in [0, 0.05) is 6.20 Å². The van der Waals surface area contributed by atoms with Gasteiger partial charge in [-0.1, -0.05) is 12.2 Å². The summed E-state index contributed by atoms with van der Waals surface area (Å²) in [5, 5.41) is 2.16. The Morgan fingerprint density at radius 3 is 3.00 bits per heavy atom. The number of fused-ring (bicyclic) bond motifs is 1. The number of rotatable bonds is 1. The molecule has 1 aliphatic rings. The average Bonchev–Trinajstić information content (AvgIpc) is 2.47. The monoisotopic (exact) mass is 169 g/mol. The highest BCUT2D eigenvalue weighted by Crippen LogP contribution is 2.02. The van der Waals surface area contributed by atoms with E-state index in [1.165, 1.54) is 0 Å². The number of nitrogens with zero attached hydrogens (tertiary/aromatic N) is 1. The lowest BCUT2D eigenvalue weighted by Crippen LogP contribution is -2.27. The van der Waals surface area contributed by atoms with Crippen LogP contribution in [0.2, 0.25) is 0 Å². The maximum atomic E-state index is 12.2. The molecule has 1 aromatic heterocycles. The van der Waals surface area contributed by atoms with Crippen molar-refractivity contribution in [2.24, 2.45) is 0 Å². The SMILES string of the molecule is FSn1ccc2c1=CCCC=2. The van der Waals surface area contributed by atoms with Gasteiger partial charge in [0.25, 0.3) is 0 Å². The predicted molar refractivity (Wildman–Crippen MR) is 45.9 cm³/mol. The fraction of sp³-hybridized carbons (Fsp3) is 0.250. The Bertz CT molecular complexity index is 366. The zero-order valence-corrected chi connectivity index (χ0v) is 6.77. The highest BCUT2D eigenvalue weighted by Gasteiger charge is 1.98. The summed E-state index contributed by atoms with van der Waals surface area (Å²) in [5.74, 6) is 0. The summed E-state index contributed by atoms with van der Waals surface area (Å²) in [6.07, 6.45) is 8.07. The highest BCUT2D eigenvalue weighted by molar-refractivity contribution is 7.92. The maximum absolute atomic E-state index is 12.2. The Morgan fingerprint density at radius 2 is 2.18 bits per heavy atom. The molecule has 0 radical (unpaired) electrons. The lowest BCUT2D eigenvalue weighted by Gasteiger charge is -1.96. The lowest BCUT2D eigenvalue weighted by atomic mass is 10.2. The minimum Gasteiger partial charge on any atom is -0.264 e. The van der Waals surface area contributed by atoms with Crippen LogP contribution >= 0.6 is 12.3 Å². The van der Waals surface area contributed by atoms with E-state index in [0.717, 1.165) is 23.4 Å². The van der Waals surface area contributed by atoms with Crippen LogP contribution < -0.4 is 10.6 Å². The molecule has 0 saturated heterocycles. The van der Waals surface area contributed by atoms with E-state index in [0.29, 0.717) is 0 Å². The fourth-order valence-corrected chi connectivity index (χ4v) is 1.70.